The van der Waals surface area contributed by atoms with E-state index in [4.69, 9.17) is 4.74 Å². The molecule has 5 heteroatoms. The summed E-state index contributed by atoms with van der Waals surface area (Å²) in [5.41, 5.74) is 0.861. The van der Waals surface area contributed by atoms with Gasteiger partial charge in [-0.3, -0.25) is 14.4 Å². The number of rotatable bonds is 4. The summed E-state index contributed by atoms with van der Waals surface area (Å²) in [7, 11) is 1.25. The SMILES string of the molecule is COC(=O)C1CC(=O)C[C@H]1C(=O)OCc1ccccc1. The largest absolute Gasteiger partial charge is 0.469 e. The van der Waals surface area contributed by atoms with Crippen LogP contribution in [0.5, 0.6) is 0 Å². The molecule has 0 bridgehead atoms. The molecule has 0 aliphatic heterocycles. The van der Waals surface area contributed by atoms with Gasteiger partial charge in [-0.25, -0.2) is 0 Å². The Kier molecular flexibility index (Phi) is 4.50. The average Bonchev–Trinajstić information content (AvgIpc) is 2.87. The smallest absolute Gasteiger partial charge is 0.310 e. The molecule has 5 nitrogen and oxygen atoms in total. The zero-order valence-electron chi connectivity index (χ0n) is 11.2. The molecule has 106 valence electrons. The zero-order chi connectivity index (χ0) is 14.5. The fraction of sp³-hybridized carbons (Fsp3) is 0.400. The van der Waals surface area contributed by atoms with E-state index in [9.17, 15) is 14.4 Å². The highest BCUT2D eigenvalue weighted by atomic mass is 16.5. The zero-order valence-corrected chi connectivity index (χ0v) is 11.2. The second-order valence-corrected chi connectivity index (χ2v) is 4.78. The van der Waals surface area contributed by atoms with E-state index >= 15 is 0 Å². The number of ketones is 1. The minimum Gasteiger partial charge on any atom is -0.469 e. The van der Waals surface area contributed by atoms with Gasteiger partial charge in [-0.1, -0.05) is 30.3 Å². The summed E-state index contributed by atoms with van der Waals surface area (Å²) in [6, 6.07) is 9.24. The van der Waals surface area contributed by atoms with E-state index in [1.54, 1.807) is 0 Å². The van der Waals surface area contributed by atoms with Gasteiger partial charge in [0.15, 0.2) is 0 Å². The van der Waals surface area contributed by atoms with Crippen molar-refractivity contribution in [3.63, 3.8) is 0 Å². The molecule has 1 saturated carbocycles. The van der Waals surface area contributed by atoms with Gasteiger partial charge in [-0.05, 0) is 5.56 Å². The summed E-state index contributed by atoms with van der Waals surface area (Å²) >= 11 is 0. The minimum absolute atomic E-state index is 0.0490. The highest BCUT2D eigenvalue weighted by Gasteiger charge is 2.43. The second kappa shape index (κ2) is 6.32. The summed E-state index contributed by atoms with van der Waals surface area (Å²) in [5, 5.41) is 0. The standard InChI is InChI=1S/C15H16O5/c1-19-14(17)12-7-11(16)8-13(12)15(18)20-9-10-5-3-2-4-6-10/h2-6,12-13H,7-9H2,1H3/t12?,13-/m1/s1. The van der Waals surface area contributed by atoms with Gasteiger partial charge in [0.25, 0.3) is 0 Å². The van der Waals surface area contributed by atoms with Gasteiger partial charge in [-0.2, -0.15) is 0 Å². The lowest BCUT2D eigenvalue weighted by atomic mass is 9.96. The average molecular weight is 276 g/mol. The van der Waals surface area contributed by atoms with Crippen LogP contribution in [0.2, 0.25) is 0 Å². The molecule has 1 aromatic carbocycles. The van der Waals surface area contributed by atoms with E-state index in [2.05, 4.69) is 4.74 Å². The van der Waals surface area contributed by atoms with E-state index in [1.165, 1.54) is 7.11 Å². The van der Waals surface area contributed by atoms with Gasteiger partial charge in [0, 0.05) is 12.8 Å². The highest BCUT2D eigenvalue weighted by molar-refractivity contribution is 5.95. The van der Waals surface area contributed by atoms with Crippen LogP contribution in [-0.4, -0.2) is 24.8 Å². The van der Waals surface area contributed by atoms with Crippen molar-refractivity contribution in [1.82, 2.24) is 0 Å². The van der Waals surface area contributed by atoms with Crippen LogP contribution in [-0.2, 0) is 30.5 Å². The predicted octanol–water partition coefficient (Wildman–Crippen LogP) is 1.50. The third-order valence-corrected chi connectivity index (χ3v) is 3.41. The van der Waals surface area contributed by atoms with Crippen molar-refractivity contribution in [2.75, 3.05) is 7.11 Å². The van der Waals surface area contributed by atoms with Crippen molar-refractivity contribution in [1.29, 1.82) is 0 Å². The second-order valence-electron chi connectivity index (χ2n) is 4.78. The number of benzene rings is 1. The molecule has 2 rings (SSSR count). The topological polar surface area (TPSA) is 69.7 Å². The number of ether oxygens (including phenoxy) is 2. The molecule has 0 heterocycles. The molecule has 0 N–H and O–H groups in total. The van der Waals surface area contributed by atoms with Gasteiger partial charge in [-0.15, -0.1) is 0 Å². The number of carbonyl (C=O) groups is 3. The molecule has 0 amide bonds. The first-order valence-electron chi connectivity index (χ1n) is 6.42. The highest BCUT2D eigenvalue weighted by Crippen LogP contribution is 2.31. The van der Waals surface area contributed by atoms with Crippen molar-refractivity contribution in [2.45, 2.75) is 19.4 Å². The first-order valence-corrected chi connectivity index (χ1v) is 6.42. The molecule has 0 spiro atoms. The van der Waals surface area contributed by atoms with Gasteiger partial charge in [0.05, 0.1) is 18.9 Å². The number of hydrogen-bond donors (Lipinski definition) is 0. The maximum Gasteiger partial charge on any atom is 0.310 e. The number of Topliss-reactive ketones (excluding diaryl/α,β-unsaturated/α-hetero) is 1. The lowest BCUT2D eigenvalue weighted by molar-refractivity contribution is -0.158. The Morgan fingerprint density at radius 1 is 1.10 bits per heavy atom. The molecule has 20 heavy (non-hydrogen) atoms. The minimum atomic E-state index is -0.723. The number of carbonyl (C=O) groups excluding carboxylic acids is 3. The predicted molar refractivity (Wildman–Crippen MR) is 69.5 cm³/mol. The summed E-state index contributed by atoms with van der Waals surface area (Å²) in [4.78, 5) is 35.0. The first-order chi connectivity index (χ1) is 9.61. The molecular formula is C15H16O5. The number of methoxy groups -OCH3 is 1. The molecule has 1 aliphatic rings. The fourth-order valence-electron chi connectivity index (χ4n) is 2.34. The van der Waals surface area contributed by atoms with Crippen LogP contribution in [0.4, 0.5) is 0 Å². The molecule has 1 fully saturated rings. The van der Waals surface area contributed by atoms with E-state index in [0.717, 1.165) is 5.56 Å². The van der Waals surface area contributed by atoms with Crippen molar-refractivity contribution in [3.8, 4) is 0 Å². The van der Waals surface area contributed by atoms with Crippen LogP contribution in [0.15, 0.2) is 30.3 Å². The maximum absolute atomic E-state index is 12.0. The Labute approximate surface area is 116 Å². The molecular weight excluding hydrogens is 260 g/mol. The van der Waals surface area contributed by atoms with Crippen molar-refractivity contribution < 1.29 is 23.9 Å². The van der Waals surface area contributed by atoms with Gasteiger partial charge < -0.3 is 9.47 Å². The summed E-state index contributed by atoms with van der Waals surface area (Å²) < 4.78 is 9.81. The van der Waals surface area contributed by atoms with E-state index < -0.39 is 23.8 Å². The lowest BCUT2D eigenvalue weighted by Gasteiger charge is -2.15. The summed E-state index contributed by atoms with van der Waals surface area (Å²) in [6.07, 6.45) is 0.102. The quantitative estimate of drug-likeness (QED) is 0.779. The van der Waals surface area contributed by atoms with Crippen molar-refractivity contribution in [3.05, 3.63) is 35.9 Å². The van der Waals surface area contributed by atoms with Crippen LogP contribution in [0, 0.1) is 11.8 Å². The molecule has 1 unspecified atom stereocenters. The van der Waals surface area contributed by atoms with E-state index in [1.807, 2.05) is 30.3 Å². The summed E-state index contributed by atoms with van der Waals surface area (Å²) in [5.74, 6) is -2.59. The molecule has 1 aromatic rings. The van der Waals surface area contributed by atoms with E-state index in [-0.39, 0.29) is 25.2 Å². The Balaban J connectivity index is 1.97. The van der Waals surface area contributed by atoms with Crippen molar-refractivity contribution >= 4 is 17.7 Å². The normalized spacial score (nSPS) is 21.6. The maximum atomic E-state index is 12.0. The van der Waals surface area contributed by atoms with Crippen molar-refractivity contribution in [2.24, 2.45) is 11.8 Å². The third-order valence-electron chi connectivity index (χ3n) is 3.41. The Hall–Kier alpha value is -2.17. The fourth-order valence-corrected chi connectivity index (χ4v) is 2.34. The van der Waals surface area contributed by atoms with Crippen LogP contribution in [0.1, 0.15) is 18.4 Å². The van der Waals surface area contributed by atoms with E-state index in [0.29, 0.717) is 0 Å². The lowest BCUT2D eigenvalue weighted by Crippen LogP contribution is -2.27. The van der Waals surface area contributed by atoms with Crippen LogP contribution < -0.4 is 0 Å². The number of hydrogen-bond acceptors (Lipinski definition) is 5. The van der Waals surface area contributed by atoms with Gasteiger partial charge >= 0.3 is 11.9 Å². The molecule has 2 atom stereocenters. The monoisotopic (exact) mass is 276 g/mol. The third kappa shape index (κ3) is 3.23. The van der Waals surface area contributed by atoms with Gasteiger partial charge in [0.2, 0.25) is 0 Å². The van der Waals surface area contributed by atoms with Crippen LogP contribution in [0.3, 0.4) is 0 Å². The van der Waals surface area contributed by atoms with Crippen LogP contribution in [0.25, 0.3) is 0 Å². The Morgan fingerprint density at radius 3 is 2.30 bits per heavy atom. The Morgan fingerprint density at radius 2 is 1.70 bits per heavy atom. The summed E-state index contributed by atoms with van der Waals surface area (Å²) in [6.45, 7) is 0.137. The molecule has 1 aliphatic carbocycles. The molecule has 0 aromatic heterocycles. The molecule has 0 saturated heterocycles. The first kappa shape index (κ1) is 14.2. The van der Waals surface area contributed by atoms with Gasteiger partial charge in [0.1, 0.15) is 12.4 Å². The number of esters is 2. The molecule has 0 radical (unpaired) electrons. The van der Waals surface area contributed by atoms with Crippen LogP contribution >= 0.6 is 0 Å². The Bertz CT molecular complexity index is 508.